The number of aliphatic imine (C=N–C) groups is 2. The van der Waals surface area contributed by atoms with Crippen LogP contribution in [0, 0.1) is 17.8 Å². The van der Waals surface area contributed by atoms with E-state index >= 15 is 0 Å². The predicted octanol–water partition coefficient (Wildman–Crippen LogP) is -2.37. The molecule has 1 aromatic carbocycles. The number of carboxylic acids is 3. The van der Waals surface area contributed by atoms with Crippen molar-refractivity contribution in [1.29, 1.82) is 0 Å². The number of nitrogens with zero attached hydrogens (tertiary/aromatic N) is 3. The number of aliphatic carboxylic acids is 3. The van der Waals surface area contributed by atoms with E-state index in [0.717, 1.165) is 22.2 Å². The van der Waals surface area contributed by atoms with Crippen molar-refractivity contribution in [1.82, 2.24) is 36.8 Å². The van der Waals surface area contributed by atoms with E-state index in [1.54, 1.807) is 20.1 Å². The Bertz CT molecular complexity index is 2460. The third kappa shape index (κ3) is 24.6. The lowest BCUT2D eigenvalue weighted by Gasteiger charge is -2.29. The molecule has 0 aliphatic carbocycles. The molecule has 7 amide bonds. The van der Waals surface area contributed by atoms with Gasteiger partial charge in [-0.3, -0.25) is 48.3 Å². The standard InChI is InChI=1S/C52H82N14O14S/c1-27(23-28(2)39(80-7)24-32-13-9-8-10-14-32)17-18-34-29(3)42(68)64-37(49(76)77)19-20-40(67)66(6)38(26-81-25-33(53)48(74)75)47(73)60-31(5)44(70)63-36(16-12-22-59-52(56)57)46(72)65-41(50(78)79)30(4)43(69)62-35(45(71)61-34)15-11-21-58-51(54)55/h8-10,13-14,17-18,23,28-31,33-39,41H,11-12,15-16,19-22,24-26,53H2,1-7H3,(H,60,73)(H,61,71)(H,62,69)(H,63,70)(H,64,68)(H,65,72)(H,74,75)(H,76,77)(H,78,79)(H4,54,55,58)(H4,56,57,59)/b18-17+,27-23+/t28-,29-,30-,31+,33-,34-,35-,36-,37+,38?,39-,41+/m0/s1. The maximum absolute atomic E-state index is 14.5. The van der Waals surface area contributed by atoms with Crippen LogP contribution in [0.1, 0.15) is 78.7 Å². The summed E-state index contributed by atoms with van der Waals surface area (Å²) in [5, 5.41) is 45.1. The van der Waals surface area contributed by atoms with Crippen LogP contribution in [-0.2, 0) is 59.1 Å². The third-order valence-electron chi connectivity index (χ3n) is 13.2. The molecule has 450 valence electrons. The van der Waals surface area contributed by atoms with Gasteiger partial charge in [0.05, 0.1) is 24.0 Å². The molecular weight excluding hydrogens is 1080 g/mol. The molecule has 81 heavy (non-hydrogen) atoms. The first-order chi connectivity index (χ1) is 38.1. The van der Waals surface area contributed by atoms with E-state index in [0.29, 0.717) is 12.0 Å². The number of nitrogens with one attached hydrogen (secondary N) is 6. The van der Waals surface area contributed by atoms with E-state index in [1.807, 2.05) is 43.3 Å². The lowest BCUT2D eigenvalue weighted by molar-refractivity contribution is -0.146. The molecule has 1 heterocycles. The van der Waals surface area contributed by atoms with E-state index in [2.05, 4.69) is 41.9 Å². The van der Waals surface area contributed by atoms with Gasteiger partial charge in [0.15, 0.2) is 11.9 Å². The number of guanidine groups is 2. The number of methoxy groups -OCH3 is 1. The Hall–Kier alpha value is -7.79. The fraction of sp³-hybridized carbons (Fsp3) is 0.577. The van der Waals surface area contributed by atoms with E-state index in [4.69, 9.17) is 33.4 Å². The van der Waals surface area contributed by atoms with Crippen LogP contribution in [0.4, 0.5) is 0 Å². The molecule has 1 saturated heterocycles. The molecule has 1 unspecified atom stereocenters. The van der Waals surface area contributed by atoms with Crippen molar-refractivity contribution in [3.63, 3.8) is 0 Å². The number of thioether (sulfide) groups is 1. The molecule has 0 saturated carbocycles. The topological polar surface area (TPSA) is 471 Å². The number of carboxylic acid groups (broad SMARTS) is 3. The molecule has 28 nitrogen and oxygen atoms in total. The van der Waals surface area contributed by atoms with Gasteiger partial charge in [-0.15, -0.1) is 0 Å². The van der Waals surface area contributed by atoms with Crippen LogP contribution in [-0.4, -0.2) is 185 Å². The zero-order valence-corrected chi connectivity index (χ0v) is 47.6. The highest BCUT2D eigenvalue weighted by Crippen LogP contribution is 2.19. The van der Waals surface area contributed by atoms with Gasteiger partial charge in [-0.05, 0) is 57.9 Å². The molecule has 1 aromatic rings. The van der Waals surface area contributed by atoms with Gasteiger partial charge in [-0.2, -0.15) is 11.8 Å². The predicted molar refractivity (Wildman–Crippen MR) is 302 cm³/mol. The van der Waals surface area contributed by atoms with E-state index in [9.17, 15) is 63.3 Å². The molecule has 0 bridgehead atoms. The summed E-state index contributed by atoms with van der Waals surface area (Å²) in [7, 11) is 2.81. The number of likely N-dealkylation sites (N-methyl/N-ethyl adjacent to an activating group) is 1. The monoisotopic (exact) mass is 1160 g/mol. The number of benzene rings is 1. The number of carbonyl (C=O) groups is 10. The SMILES string of the molecule is CO[C@@H](Cc1ccccc1)[C@@H](C)/C=C(C)/C=C/[C@@H]1NC(=O)[C@H](CCCN=C(N)N)NC(=O)[C@@H](C)[C@H](C(=O)O)NC(=O)[C@H](CCCN=C(N)N)NC(=O)[C@@H](C)NC(=O)C(CSC[C@H](N)C(=O)O)N(C)C(=O)CC[C@H](C(=O)O)NC(=O)[C@H]1C. The minimum Gasteiger partial charge on any atom is -0.480 e. The zero-order chi connectivity index (χ0) is 61.1. The fourth-order valence-electron chi connectivity index (χ4n) is 8.18. The number of hydrogen-bond acceptors (Lipinski definition) is 15. The van der Waals surface area contributed by atoms with E-state index in [1.165, 1.54) is 33.9 Å². The van der Waals surface area contributed by atoms with Crippen LogP contribution in [0.5, 0.6) is 0 Å². The third-order valence-corrected chi connectivity index (χ3v) is 14.4. The summed E-state index contributed by atoms with van der Waals surface area (Å²) in [6, 6.07) is -2.54. The molecule has 1 aliphatic rings. The largest absolute Gasteiger partial charge is 0.480 e. The highest BCUT2D eigenvalue weighted by molar-refractivity contribution is 7.99. The average molecular weight is 1160 g/mol. The first-order valence-corrected chi connectivity index (χ1v) is 27.4. The Morgan fingerprint density at radius 2 is 1.32 bits per heavy atom. The maximum atomic E-state index is 14.5. The van der Waals surface area contributed by atoms with E-state index in [-0.39, 0.29) is 74.2 Å². The molecule has 29 heteroatoms. The second kappa shape index (κ2) is 35.1. The number of ether oxygens (including phenoxy) is 1. The van der Waals surface area contributed by atoms with Gasteiger partial charge in [-0.1, -0.05) is 74.9 Å². The van der Waals surface area contributed by atoms with Crippen molar-refractivity contribution in [3.05, 3.63) is 59.7 Å². The number of hydrogen-bond donors (Lipinski definition) is 14. The summed E-state index contributed by atoms with van der Waals surface area (Å²) in [6.07, 6.45) is 4.06. The summed E-state index contributed by atoms with van der Waals surface area (Å²) < 4.78 is 5.82. The molecule has 0 radical (unpaired) electrons. The Morgan fingerprint density at radius 3 is 1.85 bits per heavy atom. The maximum Gasteiger partial charge on any atom is 0.327 e. The van der Waals surface area contributed by atoms with Crippen LogP contribution in [0.2, 0.25) is 0 Å². The Balaban J connectivity index is 2.83. The molecule has 1 aliphatic heterocycles. The number of amides is 7. The highest BCUT2D eigenvalue weighted by Gasteiger charge is 2.38. The molecule has 1 fully saturated rings. The van der Waals surface area contributed by atoms with Gasteiger partial charge < -0.3 is 85.5 Å². The summed E-state index contributed by atoms with van der Waals surface area (Å²) in [5.74, 6) is -15.3. The van der Waals surface area contributed by atoms with Gasteiger partial charge in [0, 0.05) is 51.1 Å². The smallest absolute Gasteiger partial charge is 0.327 e. The summed E-state index contributed by atoms with van der Waals surface area (Å²) >= 11 is 0.887. The van der Waals surface area contributed by atoms with Crippen LogP contribution in [0.15, 0.2) is 64.1 Å². The average Bonchev–Trinajstić information content (AvgIpc) is 3.43. The lowest BCUT2D eigenvalue weighted by Crippen LogP contribution is -2.59. The Morgan fingerprint density at radius 1 is 0.765 bits per heavy atom. The van der Waals surface area contributed by atoms with Crippen LogP contribution < -0.4 is 60.6 Å². The first-order valence-electron chi connectivity index (χ1n) is 26.2. The van der Waals surface area contributed by atoms with Crippen molar-refractivity contribution in [2.75, 3.05) is 38.8 Å². The van der Waals surface area contributed by atoms with Crippen LogP contribution in [0.25, 0.3) is 0 Å². The minimum absolute atomic E-state index is 0.0169. The van der Waals surface area contributed by atoms with Gasteiger partial charge in [0.25, 0.3) is 0 Å². The quantitative estimate of drug-likeness (QED) is 0.0250. The van der Waals surface area contributed by atoms with Gasteiger partial charge in [-0.25, -0.2) is 9.59 Å². The zero-order valence-electron chi connectivity index (χ0n) is 46.8. The second-order valence-corrected chi connectivity index (χ2v) is 20.8. The summed E-state index contributed by atoms with van der Waals surface area (Å²) in [4.78, 5) is 144. The number of nitrogens with two attached hydrogens (primary N) is 5. The number of allylic oxidation sites excluding steroid dienone is 2. The van der Waals surface area contributed by atoms with E-state index < -0.39 is 132 Å². The fourth-order valence-corrected chi connectivity index (χ4v) is 9.31. The molecule has 12 atom stereocenters. The van der Waals surface area contributed by atoms with Gasteiger partial charge in [0.1, 0.15) is 42.3 Å². The lowest BCUT2D eigenvalue weighted by atomic mass is 9.94. The molecule has 0 spiro atoms. The summed E-state index contributed by atoms with van der Waals surface area (Å²) in [5.41, 5.74) is 29.4. The second-order valence-electron chi connectivity index (χ2n) is 19.7. The molecule has 0 aromatic heterocycles. The minimum atomic E-state index is -1.99. The van der Waals surface area contributed by atoms with Crippen molar-refractivity contribution < 1.29 is 68.0 Å². The van der Waals surface area contributed by atoms with Gasteiger partial charge >= 0.3 is 17.9 Å². The first kappa shape index (κ1) is 69.3. The Labute approximate surface area is 475 Å². The van der Waals surface area contributed by atoms with Crippen LogP contribution >= 0.6 is 11.8 Å². The highest BCUT2D eigenvalue weighted by atomic mass is 32.2. The van der Waals surface area contributed by atoms with Crippen LogP contribution in [0.3, 0.4) is 0 Å². The van der Waals surface area contributed by atoms with Crippen molar-refractivity contribution in [3.8, 4) is 0 Å². The number of carbonyl (C=O) groups excluding carboxylic acids is 7. The molecular formula is C52H82N14O14S. The summed E-state index contributed by atoms with van der Waals surface area (Å²) in [6.45, 7) is 7.48. The Kier molecular flexibility index (Phi) is 30.0. The normalized spacial score (nSPS) is 24.7. The number of rotatable bonds is 22. The van der Waals surface area contributed by atoms with Crippen molar-refractivity contribution in [2.24, 2.45) is 56.4 Å². The van der Waals surface area contributed by atoms with Crippen molar-refractivity contribution >= 4 is 82.9 Å². The van der Waals surface area contributed by atoms with Gasteiger partial charge in [0.2, 0.25) is 41.4 Å². The molecule has 2 rings (SSSR count). The van der Waals surface area contributed by atoms with Crippen molar-refractivity contribution in [2.45, 2.75) is 134 Å². The molecule has 19 N–H and O–H groups in total.